The number of benzene rings is 1. The molecule has 10 heteroatoms. The maximum Gasteiger partial charge on any atom is 0.407 e. The maximum absolute atomic E-state index is 14.6. The summed E-state index contributed by atoms with van der Waals surface area (Å²) in [5.41, 5.74) is 2.42. The lowest BCUT2D eigenvalue weighted by atomic mass is 10.0. The van der Waals surface area contributed by atoms with Crippen LogP contribution in [0.3, 0.4) is 0 Å². The molecule has 2 aromatic rings. The topological polar surface area (TPSA) is 89.9 Å². The molecule has 5 rings (SSSR count). The molecule has 1 aromatic carbocycles. The molecule has 0 spiro atoms. The number of amides is 2. The van der Waals surface area contributed by atoms with E-state index in [1.807, 2.05) is 36.1 Å². The van der Waals surface area contributed by atoms with Crippen LogP contribution in [0.4, 0.5) is 19.5 Å². The number of carbonyl (C=O) groups is 2. The van der Waals surface area contributed by atoms with E-state index in [4.69, 9.17) is 10.1 Å². The van der Waals surface area contributed by atoms with Crippen LogP contribution in [0.15, 0.2) is 24.3 Å². The summed E-state index contributed by atoms with van der Waals surface area (Å²) < 4.78 is 29.1. The summed E-state index contributed by atoms with van der Waals surface area (Å²) in [4.78, 5) is 37.6. The van der Waals surface area contributed by atoms with Gasteiger partial charge in [0.2, 0.25) is 11.9 Å². The minimum Gasteiger partial charge on any atom is -0.465 e. The van der Waals surface area contributed by atoms with Crippen LogP contribution in [0.2, 0.25) is 0 Å². The van der Waals surface area contributed by atoms with E-state index >= 15 is 0 Å². The predicted octanol–water partition coefficient (Wildman–Crippen LogP) is 3.14. The van der Waals surface area contributed by atoms with Gasteiger partial charge in [0.15, 0.2) is 0 Å². The Labute approximate surface area is 196 Å². The second kappa shape index (κ2) is 8.48. The number of carboxylic acid groups (broad SMARTS) is 1. The lowest BCUT2D eigenvalue weighted by Gasteiger charge is -2.39. The number of rotatable bonds is 4. The molecule has 1 aliphatic carbocycles. The van der Waals surface area contributed by atoms with Crippen LogP contribution in [-0.4, -0.2) is 75.6 Å². The van der Waals surface area contributed by atoms with E-state index in [-0.39, 0.29) is 36.9 Å². The average molecular weight is 472 g/mol. The Bertz CT molecular complexity index is 1120. The summed E-state index contributed by atoms with van der Waals surface area (Å²) in [5.74, 6) is -2.66. The van der Waals surface area contributed by atoms with Crippen molar-refractivity contribution >= 4 is 17.9 Å². The highest BCUT2D eigenvalue weighted by molar-refractivity contribution is 5.79. The molecule has 1 aromatic heterocycles. The van der Waals surface area contributed by atoms with Crippen LogP contribution in [0, 0.1) is 0 Å². The van der Waals surface area contributed by atoms with Gasteiger partial charge in [0, 0.05) is 56.3 Å². The smallest absolute Gasteiger partial charge is 0.407 e. The highest BCUT2D eigenvalue weighted by atomic mass is 19.3. The van der Waals surface area contributed by atoms with Crippen molar-refractivity contribution in [1.82, 2.24) is 19.8 Å². The lowest BCUT2D eigenvalue weighted by Crippen LogP contribution is -2.50. The number of alkyl halides is 2. The van der Waals surface area contributed by atoms with E-state index in [0.29, 0.717) is 43.4 Å². The zero-order chi connectivity index (χ0) is 24.0. The molecule has 3 aliphatic rings. The SMILES string of the molecule is C[C@H]1CCN1c1nc(-c2ccc(CC(=O)N3CCN(C(=O)O)CC3)cc2)c2c(n1)C(F)(F)CC2. The number of nitrogens with zero attached hydrogens (tertiary/aromatic N) is 5. The monoisotopic (exact) mass is 471 g/mol. The van der Waals surface area contributed by atoms with Gasteiger partial charge in [0.25, 0.3) is 5.92 Å². The average Bonchev–Trinajstić information content (AvgIpc) is 3.12. The van der Waals surface area contributed by atoms with Gasteiger partial charge in [-0.25, -0.2) is 14.8 Å². The first-order chi connectivity index (χ1) is 16.2. The van der Waals surface area contributed by atoms with E-state index in [1.165, 1.54) is 4.90 Å². The van der Waals surface area contributed by atoms with Crippen LogP contribution < -0.4 is 4.90 Å². The first-order valence-electron chi connectivity index (χ1n) is 11.6. The van der Waals surface area contributed by atoms with Crippen LogP contribution >= 0.6 is 0 Å². The quantitative estimate of drug-likeness (QED) is 0.737. The van der Waals surface area contributed by atoms with Crippen molar-refractivity contribution in [1.29, 1.82) is 0 Å². The zero-order valence-corrected chi connectivity index (χ0v) is 19.0. The molecule has 34 heavy (non-hydrogen) atoms. The number of aromatic nitrogens is 2. The van der Waals surface area contributed by atoms with E-state index in [2.05, 4.69) is 4.98 Å². The van der Waals surface area contributed by atoms with Crippen molar-refractivity contribution in [3.8, 4) is 11.3 Å². The largest absolute Gasteiger partial charge is 0.465 e. The van der Waals surface area contributed by atoms with Gasteiger partial charge < -0.3 is 19.8 Å². The number of fused-ring (bicyclic) bond motifs is 1. The van der Waals surface area contributed by atoms with E-state index in [9.17, 15) is 18.4 Å². The Morgan fingerprint density at radius 3 is 2.32 bits per heavy atom. The fraction of sp³-hybridized carbons (Fsp3) is 0.500. The van der Waals surface area contributed by atoms with Crippen molar-refractivity contribution in [2.75, 3.05) is 37.6 Å². The molecular formula is C24H27F2N5O3. The van der Waals surface area contributed by atoms with Gasteiger partial charge in [0.05, 0.1) is 12.1 Å². The molecule has 1 N–H and O–H groups in total. The van der Waals surface area contributed by atoms with Crippen molar-refractivity contribution in [3.05, 3.63) is 41.1 Å². The molecule has 0 saturated carbocycles. The summed E-state index contributed by atoms with van der Waals surface area (Å²) in [7, 11) is 0. The minimum atomic E-state index is -2.95. The number of carbonyl (C=O) groups excluding carboxylic acids is 1. The van der Waals surface area contributed by atoms with Crippen molar-refractivity contribution < 1.29 is 23.5 Å². The summed E-state index contributed by atoms with van der Waals surface area (Å²) in [6.07, 6.45) is 0.189. The number of hydrogen-bond acceptors (Lipinski definition) is 5. The van der Waals surface area contributed by atoms with Crippen molar-refractivity contribution in [2.24, 2.45) is 0 Å². The molecule has 2 aliphatic heterocycles. The molecule has 180 valence electrons. The third kappa shape index (κ3) is 4.05. The molecule has 2 fully saturated rings. The molecular weight excluding hydrogens is 444 g/mol. The Morgan fingerprint density at radius 2 is 1.74 bits per heavy atom. The summed E-state index contributed by atoms with van der Waals surface area (Å²) in [6.45, 7) is 4.16. The minimum absolute atomic E-state index is 0.0607. The third-order valence-corrected chi connectivity index (χ3v) is 7.09. The highest BCUT2D eigenvalue weighted by Gasteiger charge is 2.44. The molecule has 0 unspecified atom stereocenters. The van der Waals surface area contributed by atoms with Gasteiger partial charge in [0.1, 0.15) is 5.69 Å². The Kier molecular flexibility index (Phi) is 5.61. The fourth-order valence-corrected chi connectivity index (χ4v) is 4.81. The van der Waals surface area contributed by atoms with Gasteiger partial charge in [-0.15, -0.1) is 0 Å². The highest BCUT2D eigenvalue weighted by Crippen LogP contribution is 2.44. The summed E-state index contributed by atoms with van der Waals surface area (Å²) >= 11 is 0. The molecule has 1 atom stereocenters. The number of halogens is 2. The van der Waals surface area contributed by atoms with Crippen LogP contribution in [0.1, 0.15) is 36.6 Å². The Morgan fingerprint density at radius 1 is 1.06 bits per heavy atom. The van der Waals surface area contributed by atoms with Crippen molar-refractivity contribution in [2.45, 2.75) is 44.6 Å². The Balaban J connectivity index is 1.35. The van der Waals surface area contributed by atoms with Gasteiger partial charge in [-0.1, -0.05) is 24.3 Å². The molecule has 2 amide bonds. The predicted molar refractivity (Wildman–Crippen MR) is 121 cm³/mol. The first-order valence-corrected chi connectivity index (χ1v) is 11.6. The van der Waals surface area contributed by atoms with Crippen LogP contribution in [-0.2, 0) is 23.6 Å². The lowest BCUT2D eigenvalue weighted by molar-refractivity contribution is -0.132. The molecule has 0 radical (unpaired) electrons. The van der Waals surface area contributed by atoms with E-state index < -0.39 is 12.0 Å². The second-order valence-corrected chi connectivity index (χ2v) is 9.26. The fourth-order valence-electron chi connectivity index (χ4n) is 4.81. The molecule has 3 heterocycles. The van der Waals surface area contributed by atoms with E-state index in [1.54, 1.807) is 4.90 Å². The molecule has 2 saturated heterocycles. The number of hydrogen-bond donors (Lipinski definition) is 1. The number of anilines is 1. The van der Waals surface area contributed by atoms with Gasteiger partial charge in [-0.2, -0.15) is 8.78 Å². The third-order valence-electron chi connectivity index (χ3n) is 7.09. The van der Waals surface area contributed by atoms with Gasteiger partial charge >= 0.3 is 6.09 Å². The maximum atomic E-state index is 14.6. The first kappa shape index (κ1) is 22.5. The van der Waals surface area contributed by atoms with Crippen molar-refractivity contribution in [3.63, 3.8) is 0 Å². The number of piperazine rings is 1. The summed E-state index contributed by atoms with van der Waals surface area (Å²) in [5, 5.41) is 9.05. The normalized spacial score (nSPS) is 21.3. The molecule has 8 nitrogen and oxygen atoms in total. The van der Waals surface area contributed by atoms with E-state index in [0.717, 1.165) is 24.1 Å². The Hall–Kier alpha value is -3.30. The second-order valence-electron chi connectivity index (χ2n) is 9.26. The van der Waals surface area contributed by atoms with Crippen LogP contribution in [0.25, 0.3) is 11.3 Å². The van der Waals surface area contributed by atoms with Crippen LogP contribution in [0.5, 0.6) is 0 Å². The summed E-state index contributed by atoms with van der Waals surface area (Å²) in [6, 6.07) is 7.54. The standard InChI is InChI=1S/C24H27F2N5O3/c1-15-7-9-31(15)22-27-20(18-6-8-24(25,26)21(18)28-22)17-4-2-16(3-5-17)14-19(32)29-10-12-30(13-11-29)23(33)34/h2-5,15H,6-14H2,1H3,(H,33,34)/t15-/m0/s1. The zero-order valence-electron chi connectivity index (χ0n) is 19.0. The van der Waals surface area contributed by atoms with Gasteiger partial charge in [-0.05, 0) is 25.3 Å². The van der Waals surface area contributed by atoms with Gasteiger partial charge in [-0.3, -0.25) is 4.79 Å². The molecule has 0 bridgehead atoms.